The Hall–Kier alpha value is -3.21. The van der Waals surface area contributed by atoms with Crippen molar-refractivity contribution in [3.8, 4) is 17.2 Å². The van der Waals surface area contributed by atoms with Crippen LogP contribution in [-0.4, -0.2) is 25.9 Å². The van der Waals surface area contributed by atoms with E-state index < -0.39 is 0 Å². The summed E-state index contributed by atoms with van der Waals surface area (Å²) in [6, 6.07) is 19.8. The second-order valence-corrected chi connectivity index (χ2v) is 6.36. The van der Waals surface area contributed by atoms with Gasteiger partial charge in [-0.25, -0.2) is 0 Å². The summed E-state index contributed by atoms with van der Waals surface area (Å²) < 4.78 is 16.5. The van der Waals surface area contributed by atoms with Gasteiger partial charge in [-0.2, -0.15) is 0 Å². The van der Waals surface area contributed by atoms with Crippen LogP contribution in [0.1, 0.15) is 12.0 Å². The van der Waals surface area contributed by atoms with Crippen molar-refractivity contribution < 1.29 is 19.0 Å². The van der Waals surface area contributed by atoms with E-state index in [1.165, 1.54) is 0 Å². The Morgan fingerprint density at radius 1 is 1.00 bits per heavy atom. The van der Waals surface area contributed by atoms with Gasteiger partial charge in [0.15, 0.2) is 11.5 Å². The number of hydrogen-bond acceptors (Lipinski definition) is 4. The van der Waals surface area contributed by atoms with Crippen LogP contribution in [0, 0.1) is 0 Å². The molecule has 4 rings (SSSR count). The van der Waals surface area contributed by atoms with E-state index in [1.807, 2.05) is 48.5 Å². The third-order valence-corrected chi connectivity index (χ3v) is 4.51. The van der Waals surface area contributed by atoms with Crippen LogP contribution in [0.4, 0.5) is 0 Å². The average Bonchev–Trinajstić information content (AvgIpc) is 3.17. The molecule has 0 aromatic heterocycles. The van der Waals surface area contributed by atoms with Crippen molar-refractivity contribution >= 4 is 16.7 Å². The number of amides is 1. The zero-order valence-electron chi connectivity index (χ0n) is 14.9. The highest BCUT2D eigenvalue weighted by Crippen LogP contribution is 2.32. The van der Waals surface area contributed by atoms with Crippen LogP contribution in [-0.2, 0) is 11.2 Å². The SMILES string of the molecule is O=C(CCc1ccc2c(c1)OCO2)NCCOc1cccc2ccccc12. The summed E-state index contributed by atoms with van der Waals surface area (Å²) in [7, 11) is 0. The van der Waals surface area contributed by atoms with Crippen LogP contribution in [0.3, 0.4) is 0 Å². The lowest BCUT2D eigenvalue weighted by Crippen LogP contribution is -2.28. The fourth-order valence-corrected chi connectivity index (χ4v) is 3.12. The normalized spacial score (nSPS) is 12.1. The molecule has 1 aliphatic heterocycles. The molecule has 0 unspecified atom stereocenters. The molecule has 1 N–H and O–H groups in total. The smallest absolute Gasteiger partial charge is 0.231 e. The van der Waals surface area contributed by atoms with Gasteiger partial charge in [0.05, 0.1) is 6.54 Å². The lowest BCUT2D eigenvalue weighted by Gasteiger charge is -2.10. The fraction of sp³-hybridized carbons (Fsp3) is 0.227. The largest absolute Gasteiger partial charge is 0.491 e. The third-order valence-electron chi connectivity index (χ3n) is 4.51. The molecule has 0 aliphatic carbocycles. The first kappa shape index (κ1) is 17.2. The highest BCUT2D eigenvalue weighted by Gasteiger charge is 2.13. The van der Waals surface area contributed by atoms with Crippen molar-refractivity contribution in [2.24, 2.45) is 0 Å². The number of fused-ring (bicyclic) bond motifs is 2. The van der Waals surface area contributed by atoms with Gasteiger partial charge < -0.3 is 19.5 Å². The van der Waals surface area contributed by atoms with Gasteiger partial charge in [-0.05, 0) is 35.6 Å². The topological polar surface area (TPSA) is 56.8 Å². The van der Waals surface area contributed by atoms with Crippen molar-refractivity contribution in [1.29, 1.82) is 0 Å². The van der Waals surface area contributed by atoms with Crippen LogP contribution in [0.2, 0.25) is 0 Å². The predicted octanol–water partition coefficient (Wildman–Crippen LogP) is 3.70. The van der Waals surface area contributed by atoms with Crippen molar-refractivity contribution in [3.63, 3.8) is 0 Å². The summed E-state index contributed by atoms with van der Waals surface area (Å²) in [6.45, 7) is 1.17. The monoisotopic (exact) mass is 363 g/mol. The Kier molecular flexibility index (Phi) is 5.10. The lowest BCUT2D eigenvalue weighted by molar-refractivity contribution is -0.121. The number of hydrogen-bond donors (Lipinski definition) is 1. The average molecular weight is 363 g/mol. The Balaban J connectivity index is 1.22. The number of aryl methyl sites for hydroxylation is 1. The maximum absolute atomic E-state index is 12.1. The van der Waals surface area contributed by atoms with Gasteiger partial charge >= 0.3 is 0 Å². The highest BCUT2D eigenvalue weighted by molar-refractivity contribution is 5.88. The van der Waals surface area contributed by atoms with E-state index in [4.69, 9.17) is 14.2 Å². The summed E-state index contributed by atoms with van der Waals surface area (Å²) >= 11 is 0. The number of ether oxygens (including phenoxy) is 3. The Bertz CT molecular complexity index is 949. The van der Waals surface area contributed by atoms with Gasteiger partial charge in [-0.3, -0.25) is 4.79 Å². The first-order valence-electron chi connectivity index (χ1n) is 9.05. The Labute approximate surface area is 157 Å². The maximum atomic E-state index is 12.1. The highest BCUT2D eigenvalue weighted by atomic mass is 16.7. The minimum Gasteiger partial charge on any atom is -0.491 e. The number of carbonyl (C=O) groups is 1. The van der Waals surface area contributed by atoms with Gasteiger partial charge in [-0.15, -0.1) is 0 Å². The minimum atomic E-state index is 0.00851. The van der Waals surface area contributed by atoms with Crippen molar-refractivity contribution in [1.82, 2.24) is 5.32 Å². The van der Waals surface area contributed by atoms with Gasteiger partial charge in [-0.1, -0.05) is 42.5 Å². The van der Waals surface area contributed by atoms with Gasteiger partial charge in [0.25, 0.3) is 0 Å². The summed E-state index contributed by atoms with van der Waals surface area (Å²) in [5.74, 6) is 2.35. The second kappa shape index (κ2) is 7.99. The van der Waals surface area contributed by atoms with Crippen LogP contribution in [0.5, 0.6) is 17.2 Å². The Morgan fingerprint density at radius 2 is 1.85 bits per heavy atom. The quantitative estimate of drug-likeness (QED) is 0.651. The fourth-order valence-electron chi connectivity index (χ4n) is 3.12. The van der Waals surface area contributed by atoms with E-state index in [0.29, 0.717) is 26.0 Å². The molecule has 0 fully saturated rings. The number of carbonyl (C=O) groups excluding carboxylic acids is 1. The first-order valence-corrected chi connectivity index (χ1v) is 9.05. The summed E-state index contributed by atoms with van der Waals surface area (Å²) in [5.41, 5.74) is 1.06. The van der Waals surface area contributed by atoms with Crippen molar-refractivity contribution in [2.45, 2.75) is 12.8 Å². The number of nitrogens with one attached hydrogen (secondary N) is 1. The van der Waals surface area contributed by atoms with E-state index in [1.54, 1.807) is 0 Å². The molecular weight excluding hydrogens is 342 g/mol. The van der Waals surface area contributed by atoms with E-state index in [2.05, 4.69) is 17.4 Å². The van der Waals surface area contributed by atoms with Crippen LogP contribution < -0.4 is 19.5 Å². The Morgan fingerprint density at radius 3 is 2.81 bits per heavy atom. The molecule has 3 aromatic rings. The van der Waals surface area contributed by atoms with Crippen LogP contribution in [0.15, 0.2) is 60.7 Å². The lowest BCUT2D eigenvalue weighted by atomic mass is 10.1. The van der Waals surface area contributed by atoms with Crippen LogP contribution >= 0.6 is 0 Å². The number of rotatable bonds is 7. The molecule has 5 heteroatoms. The molecule has 0 atom stereocenters. The molecule has 0 spiro atoms. The first-order chi connectivity index (χ1) is 13.3. The van der Waals surface area contributed by atoms with E-state index in [-0.39, 0.29) is 12.7 Å². The molecule has 0 saturated carbocycles. The zero-order valence-corrected chi connectivity index (χ0v) is 14.9. The molecule has 1 aliphatic rings. The summed E-state index contributed by atoms with van der Waals surface area (Å²) in [4.78, 5) is 12.1. The van der Waals surface area contributed by atoms with Crippen LogP contribution in [0.25, 0.3) is 10.8 Å². The van der Waals surface area contributed by atoms with Crippen molar-refractivity contribution in [2.75, 3.05) is 19.9 Å². The molecule has 0 radical (unpaired) electrons. The van der Waals surface area contributed by atoms with Crippen molar-refractivity contribution in [3.05, 3.63) is 66.2 Å². The minimum absolute atomic E-state index is 0.00851. The molecule has 3 aromatic carbocycles. The van der Waals surface area contributed by atoms with E-state index in [9.17, 15) is 4.79 Å². The second-order valence-electron chi connectivity index (χ2n) is 6.36. The number of benzene rings is 3. The molecule has 1 heterocycles. The summed E-state index contributed by atoms with van der Waals surface area (Å²) in [5, 5.41) is 5.12. The maximum Gasteiger partial charge on any atom is 0.231 e. The molecule has 0 bridgehead atoms. The predicted molar refractivity (Wildman–Crippen MR) is 103 cm³/mol. The van der Waals surface area contributed by atoms with E-state index >= 15 is 0 Å². The molecule has 1 amide bonds. The standard InChI is InChI=1S/C22H21NO4/c24-22(11-9-16-8-10-20-21(14-16)27-15-26-20)23-12-13-25-19-7-3-5-17-4-1-2-6-18(17)19/h1-8,10,14H,9,11-13,15H2,(H,23,24). The van der Waals surface area contributed by atoms with Gasteiger partial charge in [0.2, 0.25) is 12.7 Å². The third kappa shape index (κ3) is 4.14. The van der Waals surface area contributed by atoms with Gasteiger partial charge in [0.1, 0.15) is 12.4 Å². The zero-order chi connectivity index (χ0) is 18.5. The molecule has 138 valence electrons. The van der Waals surface area contributed by atoms with Gasteiger partial charge in [0, 0.05) is 11.8 Å². The van der Waals surface area contributed by atoms with E-state index in [0.717, 1.165) is 33.6 Å². The summed E-state index contributed by atoms with van der Waals surface area (Å²) in [6.07, 6.45) is 1.08. The molecule has 0 saturated heterocycles. The molecule has 27 heavy (non-hydrogen) atoms. The molecule has 5 nitrogen and oxygen atoms in total. The molecular formula is C22H21NO4.